The van der Waals surface area contributed by atoms with Gasteiger partial charge in [-0.25, -0.2) is 4.98 Å². The van der Waals surface area contributed by atoms with Gasteiger partial charge in [0.1, 0.15) is 5.82 Å². The van der Waals surface area contributed by atoms with Crippen LogP contribution in [-0.2, 0) is 0 Å². The van der Waals surface area contributed by atoms with Crippen molar-refractivity contribution in [3.05, 3.63) is 42.4 Å². The molecule has 0 aliphatic rings. The molecule has 4 heteroatoms. The van der Waals surface area contributed by atoms with Crippen LogP contribution in [0.1, 0.15) is 37.3 Å². The van der Waals surface area contributed by atoms with Gasteiger partial charge in [0, 0.05) is 24.0 Å². The van der Waals surface area contributed by atoms with Gasteiger partial charge in [0.05, 0.1) is 18.6 Å². The molecule has 0 saturated heterocycles. The standard InChI is InChI=1S/C11H15N3O/c1-8(10-3-6-15-7-10)14-9(2)11-12-4-5-13-11/h3-9,14H,1-2H3,(H,12,13). The number of furan rings is 1. The molecule has 4 nitrogen and oxygen atoms in total. The Morgan fingerprint density at radius 3 is 2.87 bits per heavy atom. The van der Waals surface area contributed by atoms with Crippen molar-refractivity contribution in [1.29, 1.82) is 0 Å². The van der Waals surface area contributed by atoms with Crippen molar-refractivity contribution >= 4 is 0 Å². The zero-order valence-corrected chi connectivity index (χ0v) is 8.90. The Hall–Kier alpha value is -1.55. The Morgan fingerprint density at radius 2 is 2.27 bits per heavy atom. The maximum atomic E-state index is 5.04. The molecule has 0 bridgehead atoms. The van der Waals surface area contributed by atoms with E-state index in [0.717, 1.165) is 11.4 Å². The third-order valence-electron chi connectivity index (χ3n) is 2.47. The van der Waals surface area contributed by atoms with Crippen molar-refractivity contribution in [2.45, 2.75) is 25.9 Å². The minimum Gasteiger partial charge on any atom is -0.472 e. The van der Waals surface area contributed by atoms with Crippen molar-refractivity contribution in [2.24, 2.45) is 0 Å². The number of aromatic nitrogens is 2. The Balaban J connectivity index is 1.98. The van der Waals surface area contributed by atoms with E-state index in [9.17, 15) is 0 Å². The molecule has 2 aromatic heterocycles. The maximum absolute atomic E-state index is 5.04. The second kappa shape index (κ2) is 4.31. The number of H-pyrrole nitrogens is 1. The van der Waals surface area contributed by atoms with Gasteiger partial charge in [0.25, 0.3) is 0 Å². The average Bonchev–Trinajstić information content (AvgIpc) is 2.91. The minimum atomic E-state index is 0.199. The van der Waals surface area contributed by atoms with Crippen molar-refractivity contribution in [3.8, 4) is 0 Å². The number of hydrogen-bond acceptors (Lipinski definition) is 3. The number of hydrogen-bond donors (Lipinski definition) is 2. The van der Waals surface area contributed by atoms with Crippen molar-refractivity contribution in [1.82, 2.24) is 15.3 Å². The van der Waals surface area contributed by atoms with E-state index in [1.54, 1.807) is 18.7 Å². The zero-order valence-electron chi connectivity index (χ0n) is 8.90. The SMILES string of the molecule is CC(NC(C)c1ncc[nH]1)c1ccoc1. The lowest BCUT2D eigenvalue weighted by Gasteiger charge is -2.17. The summed E-state index contributed by atoms with van der Waals surface area (Å²) in [5.74, 6) is 0.949. The van der Waals surface area contributed by atoms with Crippen LogP contribution >= 0.6 is 0 Å². The number of nitrogens with zero attached hydrogens (tertiary/aromatic N) is 1. The van der Waals surface area contributed by atoms with Crippen LogP contribution in [0.5, 0.6) is 0 Å². The van der Waals surface area contributed by atoms with Crippen molar-refractivity contribution in [3.63, 3.8) is 0 Å². The van der Waals surface area contributed by atoms with Gasteiger partial charge in [-0.2, -0.15) is 0 Å². The van der Waals surface area contributed by atoms with Crippen LogP contribution in [-0.4, -0.2) is 9.97 Å². The molecular weight excluding hydrogens is 190 g/mol. The van der Waals surface area contributed by atoms with Crippen LogP contribution in [0.3, 0.4) is 0 Å². The highest BCUT2D eigenvalue weighted by Crippen LogP contribution is 2.17. The Morgan fingerprint density at radius 1 is 1.40 bits per heavy atom. The molecule has 0 aromatic carbocycles. The molecule has 0 aliphatic carbocycles. The Kier molecular flexibility index (Phi) is 2.87. The quantitative estimate of drug-likeness (QED) is 0.805. The van der Waals surface area contributed by atoms with Crippen molar-refractivity contribution in [2.75, 3.05) is 0 Å². The predicted molar refractivity (Wildman–Crippen MR) is 57.3 cm³/mol. The van der Waals surface area contributed by atoms with E-state index in [4.69, 9.17) is 4.42 Å². The lowest BCUT2D eigenvalue weighted by atomic mass is 10.1. The first-order valence-electron chi connectivity index (χ1n) is 5.05. The molecule has 2 atom stereocenters. The molecule has 2 unspecified atom stereocenters. The van der Waals surface area contributed by atoms with Crippen LogP contribution in [0.15, 0.2) is 35.4 Å². The van der Waals surface area contributed by atoms with Gasteiger partial charge >= 0.3 is 0 Å². The first-order valence-corrected chi connectivity index (χ1v) is 5.05. The van der Waals surface area contributed by atoms with Gasteiger partial charge in [-0.1, -0.05) is 0 Å². The topological polar surface area (TPSA) is 53.9 Å². The van der Waals surface area contributed by atoms with E-state index < -0.39 is 0 Å². The summed E-state index contributed by atoms with van der Waals surface area (Å²) in [6, 6.07) is 2.42. The monoisotopic (exact) mass is 205 g/mol. The summed E-state index contributed by atoms with van der Waals surface area (Å²) in [6.45, 7) is 4.18. The summed E-state index contributed by atoms with van der Waals surface area (Å²) in [5, 5.41) is 3.43. The molecule has 0 aliphatic heterocycles. The normalized spacial score (nSPS) is 15.1. The molecule has 0 radical (unpaired) electrons. The maximum Gasteiger partial charge on any atom is 0.122 e. The first kappa shape index (κ1) is 9.98. The van der Waals surface area contributed by atoms with E-state index in [1.165, 1.54) is 0 Å². The highest BCUT2D eigenvalue weighted by atomic mass is 16.3. The van der Waals surface area contributed by atoms with Gasteiger partial charge in [-0.15, -0.1) is 0 Å². The number of imidazole rings is 1. The van der Waals surface area contributed by atoms with Crippen LogP contribution in [0.4, 0.5) is 0 Å². The van der Waals surface area contributed by atoms with Crippen molar-refractivity contribution < 1.29 is 4.42 Å². The van der Waals surface area contributed by atoms with E-state index in [0.29, 0.717) is 0 Å². The molecule has 2 heterocycles. The van der Waals surface area contributed by atoms with E-state index in [2.05, 4.69) is 29.1 Å². The summed E-state index contributed by atoms with van der Waals surface area (Å²) in [4.78, 5) is 7.30. The average molecular weight is 205 g/mol. The number of nitrogens with one attached hydrogen (secondary N) is 2. The molecule has 0 saturated carbocycles. The summed E-state index contributed by atoms with van der Waals surface area (Å²) >= 11 is 0. The summed E-state index contributed by atoms with van der Waals surface area (Å²) in [6.07, 6.45) is 7.03. The van der Waals surface area contributed by atoms with Crippen LogP contribution < -0.4 is 5.32 Å². The fourth-order valence-corrected chi connectivity index (χ4v) is 1.59. The molecule has 0 spiro atoms. The lowest BCUT2D eigenvalue weighted by Crippen LogP contribution is -2.22. The first-order chi connectivity index (χ1) is 7.27. The second-order valence-electron chi connectivity index (χ2n) is 3.64. The zero-order chi connectivity index (χ0) is 10.7. The third-order valence-corrected chi connectivity index (χ3v) is 2.47. The van der Waals surface area contributed by atoms with E-state index in [-0.39, 0.29) is 12.1 Å². The molecule has 0 fully saturated rings. The highest BCUT2D eigenvalue weighted by molar-refractivity contribution is 5.11. The fraction of sp³-hybridized carbons (Fsp3) is 0.364. The minimum absolute atomic E-state index is 0.199. The Bertz CT molecular complexity index is 342. The fourth-order valence-electron chi connectivity index (χ4n) is 1.59. The van der Waals surface area contributed by atoms with Crippen LogP contribution in [0, 0.1) is 0 Å². The van der Waals surface area contributed by atoms with Gasteiger partial charge in [-0.05, 0) is 19.9 Å². The lowest BCUT2D eigenvalue weighted by molar-refractivity contribution is 0.473. The van der Waals surface area contributed by atoms with Gasteiger partial charge in [0.15, 0.2) is 0 Å². The summed E-state index contributed by atoms with van der Waals surface area (Å²) in [7, 11) is 0. The van der Waals surface area contributed by atoms with Crippen LogP contribution in [0.25, 0.3) is 0 Å². The smallest absolute Gasteiger partial charge is 0.122 e. The van der Waals surface area contributed by atoms with Gasteiger partial charge in [0.2, 0.25) is 0 Å². The van der Waals surface area contributed by atoms with Gasteiger partial charge < -0.3 is 14.7 Å². The third kappa shape index (κ3) is 2.27. The summed E-state index contributed by atoms with van der Waals surface area (Å²) < 4.78 is 5.04. The van der Waals surface area contributed by atoms with E-state index in [1.807, 2.05) is 12.3 Å². The predicted octanol–water partition coefficient (Wildman–Crippen LogP) is 2.41. The van der Waals surface area contributed by atoms with E-state index >= 15 is 0 Å². The molecular formula is C11H15N3O. The molecule has 2 aromatic rings. The number of rotatable bonds is 4. The highest BCUT2D eigenvalue weighted by Gasteiger charge is 2.12. The molecule has 15 heavy (non-hydrogen) atoms. The Labute approximate surface area is 88.7 Å². The summed E-state index contributed by atoms with van der Waals surface area (Å²) in [5.41, 5.74) is 1.15. The molecule has 80 valence electrons. The molecule has 2 rings (SSSR count). The number of aromatic amines is 1. The van der Waals surface area contributed by atoms with Gasteiger partial charge in [-0.3, -0.25) is 0 Å². The molecule has 0 amide bonds. The largest absolute Gasteiger partial charge is 0.472 e. The molecule has 2 N–H and O–H groups in total. The van der Waals surface area contributed by atoms with Crippen LogP contribution in [0.2, 0.25) is 0 Å². The second-order valence-corrected chi connectivity index (χ2v) is 3.64.